The van der Waals surface area contributed by atoms with E-state index in [9.17, 15) is 31.4 Å². The monoisotopic (exact) mass is 286 g/mol. The van der Waals surface area contributed by atoms with Crippen LogP contribution in [0.15, 0.2) is 18.2 Å². The Morgan fingerprint density at radius 2 is 1.42 bits per heavy atom. The molecule has 0 saturated heterocycles. The van der Waals surface area contributed by atoms with Crippen LogP contribution in [-0.2, 0) is 0 Å². The number of benzene rings is 1. The number of alkyl halides is 6. The van der Waals surface area contributed by atoms with Crippen LogP contribution in [0.2, 0.25) is 0 Å². The first-order chi connectivity index (χ1) is 8.44. The molecule has 1 unspecified atom stereocenters. The molecule has 1 aromatic rings. The van der Waals surface area contributed by atoms with Crippen LogP contribution in [0.1, 0.15) is 22.8 Å². The van der Waals surface area contributed by atoms with E-state index in [1.54, 1.807) is 6.07 Å². The van der Waals surface area contributed by atoms with Crippen molar-refractivity contribution in [2.75, 3.05) is 0 Å². The highest BCUT2D eigenvalue weighted by atomic mass is 19.4. The molecule has 0 saturated carbocycles. The van der Waals surface area contributed by atoms with E-state index in [1.165, 1.54) is 19.9 Å². The van der Waals surface area contributed by atoms with E-state index >= 15 is 0 Å². The van der Waals surface area contributed by atoms with E-state index in [-0.39, 0.29) is 11.1 Å². The molecule has 0 aromatic heterocycles. The summed E-state index contributed by atoms with van der Waals surface area (Å²) in [5, 5.41) is 9.52. The van der Waals surface area contributed by atoms with Crippen LogP contribution in [0.5, 0.6) is 0 Å². The minimum Gasteiger partial charge on any atom is -0.387 e. The minimum atomic E-state index is -5.56. The van der Waals surface area contributed by atoms with Gasteiger partial charge in [-0.2, -0.15) is 26.3 Å². The lowest BCUT2D eigenvalue weighted by atomic mass is 9.90. The second-order valence-electron chi connectivity index (χ2n) is 4.37. The van der Waals surface area contributed by atoms with Crippen molar-refractivity contribution in [2.45, 2.75) is 32.3 Å². The van der Waals surface area contributed by atoms with Crippen molar-refractivity contribution in [3.8, 4) is 0 Å². The van der Waals surface area contributed by atoms with E-state index in [0.29, 0.717) is 5.56 Å². The van der Waals surface area contributed by atoms with Crippen LogP contribution in [0, 0.1) is 19.8 Å². The highest BCUT2D eigenvalue weighted by Crippen LogP contribution is 2.46. The zero-order chi connectivity index (χ0) is 15.0. The van der Waals surface area contributed by atoms with Gasteiger partial charge in [-0.3, -0.25) is 0 Å². The molecule has 1 atom stereocenters. The van der Waals surface area contributed by atoms with Crippen LogP contribution >= 0.6 is 0 Å². The number of halogens is 6. The molecule has 1 rings (SSSR count). The largest absolute Gasteiger partial charge is 0.403 e. The van der Waals surface area contributed by atoms with Gasteiger partial charge in [-0.15, -0.1) is 0 Å². The van der Waals surface area contributed by atoms with Crippen molar-refractivity contribution in [1.29, 1.82) is 0 Å². The summed E-state index contributed by atoms with van der Waals surface area (Å²) in [6.45, 7) is 2.87. The van der Waals surface area contributed by atoms with Gasteiger partial charge in [0.05, 0.1) is 6.10 Å². The molecule has 1 N–H and O–H groups in total. The number of aliphatic hydroxyl groups is 1. The van der Waals surface area contributed by atoms with Crippen molar-refractivity contribution in [2.24, 2.45) is 5.92 Å². The molecule has 19 heavy (non-hydrogen) atoms. The van der Waals surface area contributed by atoms with E-state index < -0.39 is 24.4 Å². The maximum atomic E-state index is 12.5. The summed E-state index contributed by atoms with van der Waals surface area (Å²) in [7, 11) is 0. The summed E-state index contributed by atoms with van der Waals surface area (Å²) in [6, 6.07) is 4.05. The third kappa shape index (κ3) is 3.62. The molecule has 0 aliphatic rings. The molecule has 0 spiro atoms. The van der Waals surface area contributed by atoms with E-state index in [0.717, 1.165) is 6.07 Å². The van der Waals surface area contributed by atoms with Crippen LogP contribution < -0.4 is 0 Å². The Hall–Kier alpha value is -1.24. The van der Waals surface area contributed by atoms with E-state index in [2.05, 4.69) is 0 Å². The minimum absolute atomic E-state index is 0.177. The molecule has 0 bridgehead atoms. The topological polar surface area (TPSA) is 20.2 Å². The molecule has 0 fully saturated rings. The lowest BCUT2D eigenvalue weighted by Gasteiger charge is -2.28. The van der Waals surface area contributed by atoms with Crippen molar-refractivity contribution in [1.82, 2.24) is 0 Å². The Balaban J connectivity index is 3.28. The lowest BCUT2D eigenvalue weighted by Crippen LogP contribution is -2.41. The normalized spacial score (nSPS) is 14.8. The van der Waals surface area contributed by atoms with E-state index in [4.69, 9.17) is 0 Å². The molecule has 108 valence electrons. The molecule has 0 amide bonds. The molecule has 0 aliphatic heterocycles. The highest BCUT2D eigenvalue weighted by Gasteiger charge is 2.60. The number of rotatable bonds is 2. The maximum Gasteiger partial charge on any atom is 0.403 e. The Bertz CT molecular complexity index is 435. The first kappa shape index (κ1) is 15.8. The van der Waals surface area contributed by atoms with Crippen molar-refractivity contribution in [3.05, 3.63) is 34.9 Å². The van der Waals surface area contributed by atoms with Gasteiger partial charge in [-0.1, -0.05) is 23.8 Å². The summed E-state index contributed by atoms with van der Waals surface area (Å²) in [5.74, 6) is -3.79. The Kier molecular flexibility index (Phi) is 4.19. The standard InChI is InChI=1S/C12H12F6O/c1-6-3-4-7(2)8(5-6)9(19)10(11(13,14)15)12(16,17)18/h3-5,9-10,19H,1-2H3. The average Bonchev–Trinajstić information content (AvgIpc) is 2.17. The predicted molar refractivity (Wildman–Crippen MR) is 56.5 cm³/mol. The Morgan fingerprint density at radius 1 is 0.947 bits per heavy atom. The maximum absolute atomic E-state index is 12.5. The van der Waals surface area contributed by atoms with Crippen LogP contribution in [-0.4, -0.2) is 17.5 Å². The number of hydrogen-bond acceptors (Lipinski definition) is 1. The average molecular weight is 286 g/mol. The second kappa shape index (κ2) is 5.03. The molecule has 1 nitrogen and oxygen atoms in total. The first-order valence-electron chi connectivity index (χ1n) is 5.33. The summed E-state index contributed by atoms with van der Waals surface area (Å²) < 4.78 is 75.0. The Labute approximate surface area is 105 Å². The van der Waals surface area contributed by atoms with Crippen LogP contribution in [0.25, 0.3) is 0 Å². The van der Waals surface area contributed by atoms with Gasteiger partial charge in [0.25, 0.3) is 0 Å². The fourth-order valence-corrected chi connectivity index (χ4v) is 1.80. The molecular formula is C12H12F6O. The molecule has 0 radical (unpaired) electrons. The Morgan fingerprint density at radius 3 is 1.84 bits per heavy atom. The SMILES string of the molecule is Cc1ccc(C)c(C(O)C(C(F)(F)F)C(F)(F)F)c1. The molecule has 1 aromatic carbocycles. The van der Waals surface area contributed by atoms with Crippen molar-refractivity contribution < 1.29 is 31.4 Å². The van der Waals surface area contributed by atoms with Gasteiger partial charge in [0.15, 0.2) is 5.92 Å². The first-order valence-corrected chi connectivity index (χ1v) is 5.33. The van der Waals surface area contributed by atoms with Gasteiger partial charge in [0.1, 0.15) is 0 Å². The fraction of sp³-hybridized carbons (Fsp3) is 0.500. The fourth-order valence-electron chi connectivity index (χ4n) is 1.80. The lowest BCUT2D eigenvalue weighted by molar-refractivity contribution is -0.307. The van der Waals surface area contributed by atoms with Gasteiger partial charge in [0.2, 0.25) is 0 Å². The zero-order valence-corrected chi connectivity index (χ0v) is 10.1. The molecule has 0 aliphatic carbocycles. The number of aliphatic hydroxyl groups excluding tert-OH is 1. The van der Waals surface area contributed by atoms with Gasteiger partial charge in [-0.25, -0.2) is 0 Å². The summed E-state index contributed by atoms with van der Waals surface area (Å²) in [5.41, 5.74) is 0.291. The van der Waals surface area contributed by atoms with E-state index in [1.807, 2.05) is 0 Å². The third-order valence-corrected chi connectivity index (χ3v) is 2.77. The second-order valence-corrected chi connectivity index (χ2v) is 4.37. The van der Waals surface area contributed by atoms with Crippen LogP contribution in [0.3, 0.4) is 0 Å². The molecular weight excluding hydrogens is 274 g/mol. The molecule has 7 heteroatoms. The van der Waals surface area contributed by atoms with Crippen LogP contribution in [0.4, 0.5) is 26.3 Å². The van der Waals surface area contributed by atoms with Gasteiger partial charge in [0, 0.05) is 0 Å². The summed E-state index contributed by atoms with van der Waals surface area (Å²) >= 11 is 0. The quantitative estimate of drug-likeness (QED) is 0.812. The third-order valence-electron chi connectivity index (χ3n) is 2.77. The summed E-state index contributed by atoms with van der Waals surface area (Å²) in [6.07, 6.45) is -13.8. The number of hydrogen-bond donors (Lipinski definition) is 1. The summed E-state index contributed by atoms with van der Waals surface area (Å²) in [4.78, 5) is 0. The van der Waals surface area contributed by atoms with Gasteiger partial charge < -0.3 is 5.11 Å². The van der Waals surface area contributed by atoms with Gasteiger partial charge >= 0.3 is 12.4 Å². The van der Waals surface area contributed by atoms with Gasteiger partial charge in [-0.05, 0) is 25.0 Å². The predicted octanol–water partition coefficient (Wildman–Crippen LogP) is 4.08. The molecule has 0 heterocycles. The smallest absolute Gasteiger partial charge is 0.387 e. The van der Waals surface area contributed by atoms with Crippen molar-refractivity contribution in [3.63, 3.8) is 0 Å². The number of aryl methyl sites for hydroxylation is 2. The van der Waals surface area contributed by atoms with Crippen molar-refractivity contribution >= 4 is 0 Å². The zero-order valence-electron chi connectivity index (χ0n) is 10.1. The highest BCUT2D eigenvalue weighted by molar-refractivity contribution is 5.32.